The molecule has 0 fully saturated rings. The van der Waals surface area contributed by atoms with Gasteiger partial charge in [0, 0.05) is 26.3 Å². The maximum Gasteiger partial charge on any atom is 0.0597 e. The molecule has 0 bridgehead atoms. The molecular formula is C14H20N4. The molecule has 0 spiro atoms. The Bertz CT molecular complexity index is 530. The Balaban J connectivity index is 2.21. The molecule has 0 saturated heterocycles. The summed E-state index contributed by atoms with van der Waals surface area (Å²) < 4.78 is 1.93. The van der Waals surface area contributed by atoms with Gasteiger partial charge in [-0.1, -0.05) is 18.2 Å². The molecule has 18 heavy (non-hydrogen) atoms. The fourth-order valence-corrected chi connectivity index (χ4v) is 2.20. The minimum absolute atomic E-state index is 0.560. The summed E-state index contributed by atoms with van der Waals surface area (Å²) in [5, 5.41) is 4.37. The fourth-order valence-electron chi connectivity index (χ4n) is 2.20. The highest BCUT2D eigenvalue weighted by atomic mass is 15.3. The molecule has 0 aliphatic rings. The van der Waals surface area contributed by atoms with Crippen molar-refractivity contribution in [2.24, 2.45) is 12.8 Å². The lowest BCUT2D eigenvalue weighted by molar-refractivity contribution is 0.693. The van der Waals surface area contributed by atoms with Crippen LogP contribution in [0.25, 0.3) is 0 Å². The number of benzene rings is 1. The standard InChI is InChI=1S/C14H20N4/c1-11-8-13(18(3)16-11)10-17(2)14-7-5-4-6-12(14)9-15/h4-8H,9-10,15H2,1-3H3. The van der Waals surface area contributed by atoms with E-state index in [-0.39, 0.29) is 0 Å². The van der Waals surface area contributed by atoms with Gasteiger partial charge in [-0.3, -0.25) is 4.68 Å². The van der Waals surface area contributed by atoms with Crippen molar-refractivity contribution in [2.75, 3.05) is 11.9 Å². The van der Waals surface area contributed by atoms with E-state index >= 15 is 0 Å². The van der Waals surface area contributed by atoms with Gasteiger partial charge >= 0.3 is 0 Å². The minimum Gasteiger partial charge on any atom is -0.368 e. The molecule has 0 saturated carbocycles. The van der Waals surface area contributed by atoms with E-state index < -0.39 is 0 Å². The van der Waals surface area contributed by atoms with Crippen LogP contribution < -0.4 is 10.6 Å². The first-order valence-electron chi connectivity index (χ1n) is 6.10. The number of aromatic nitrogens is 2. The summed E-state index contributed by atoms with van der Waals surface area (Å²) in [5.74, 6) is 0. The molecule has 4 heteroatoms. The van der Waals surface area contributed by atoms with Crippen LogP contribution in [0, 0.1) is 6.92 Å². The molecule has 1 aromatic heterocycles. The van der Waals surface area contributed by atoms with Gasteiger partial charge in [-0.25, -0.2) is 0 Å². The summed E-state index contributed by atoms with van der Waals surface area (Å²) in [5.41, 5.74) is 10.4. The van der Waals surface area contributed by atoms with Crippen molar-refractivity contribution >= 4 is 5.69 Å². The van der Waals surface area contributed by atoms with Gasteiger partial charge in [0.05, 0.1) is 17.9 Å². The second kappa shape index (κ2) is 5.23. The number of para-hydroxylation sites is 1. The van der Waals surface area contributed by atoms with Crippen molar-refractivity contribution in [1.29, 1.82) is 0 Å². The number of nitrogens with zero attached hydrogens (tertiary/aromatic N) is 3. The normalized spacial score (nSPS) is 10.7. The topological polar surface area (TPSA) is 47.1 Å². The van der Waals surface area contributed by atoms with Crippen molar-refractivity contribution < 1.29 is 0 Å². The number of hydrogen-bond donors (Lipinski definition) is 1. The summed E-state index contributed by atoms with van der Waals surface area (Å²) in [6, 6.07) is 10.3. The van der Waals surface area contributed by atoms with Crippen LogP contribution in [0.1, 0.15) is 17.0 Å². The molecule has 0 unspecified atom stereocenters. The predicted molar refractivity (Wildman–Crippen MR) is 74.4 cm³/mol. The third-order valence-electron chi connectivity index (χ3n) is 3.12. The Morgan fingerprint density at radius 3 is 2.67 bits per heavy atom. The lowest BCUT2D eigenvalue weighted by atomic mass is 10.1. The average Bonchev–Trinajstić information content (AvgIpc) is 2.67. The Morgan fingerprint density at radius 1 is 1.33 bits per heavy atom. The van der Waals surface area contributed by atoms with Crippen LogP contribution in [-0.4, -0.2) is 16.8 Å². The quantitative estimate of drug-likeness (QED) is 0.892. The van der Waals surface area contributed by atoms with E-state index in [0.29, 0.717) is 6.54 Å². The Labute approximate surface area is 108 Å². The second-order valence-electron chi connectivity index (χ2n) is 4.59. The predicted octanol–water partition coefficient (Wildman–Crippen LogP) is 1.82. The molecule has 0 radical (unpaired) electrons. The largest absolute Gasteiger partial charge is 0.368 e. The summed E-state index contributed by atoms with van der Waals surface area (Å²) in [7, 11) is 4.06. The molecule has 1 aromatic carbocycles. The first-order chi connectivity index (χ1) is 8.61. The van der Waals surface area contributed by atoms with Crippen LogP contribution >= 0.6 is 0 Å². The molecule has 2 N–H and O–H groups in total. The van der Waals surface area contributed by atoms with Crippen LogP contribution in [0.15, 0.2) is 30.3 Å². The van der Waals surface area contributed by atoms with E-state index in [0.717, 1.165) is 12.2 Å². The Hall–Kier alpha value is -1.81. The number of rotatable bonds is 4. The zero-order valence-corrected chi connectivity index (χ0v) is 11.2. The van der Waals surface area contributed by atoms with Crippen molar-refractivity contribution in [3.63, 3.8) is 0 Å². The van der Waals surface area contributed by atoms with E-state index in [2.05, 4.69) is 35.2 Å². The van der Waals surface area contributed by atoms with Crippen LogP contribution in [0.4, 0.5) is 5.69 Å². The highest BCUT2D eigenvalue weighted by molar-refractivity contribution is 5.53. The van der Waals surface area contributed by atoms with Gasteiger partial charge in [0.1, 0.15) is 0 Å². The molecule has 1 heterocycles. The van der Waals surface area contributed by atoms with Gasteiger partial charge in [-0.2, -0.15) is 5.10 Å². The van der Waals surface area contributed by atoms with Gasteiger partial charge < -0.3 is 10.6 Å². The molecule has 0 aliphatic carbocycles. The SMILES string of the molecule is Cc1cc(CN(C)c2ccccc2CN)n(C)n1. The molecule has 0 aliphatic heterocycles. The average molecular weight is 244 g/mol. The van der Waals surface area contributed by atoms with E-state index in [1.165, 1.54) is 16.9 Å². The Morgan fingerprint density at radius 2 is 2.06 bits per heavy atom. The van der Waals surface area contributed by atoms with Crippen LogP contribution in [0.2, 0.25) is 0 Å². The van der Waals surface area contributed by atoms with E-state index in [9.17, 15) is 0 Å². The fraction of sp³-hybridized carbons (Fsp3) is 0.357. The van der Waals surface area contributed by atoms with Crippen molar-refractivity contribution in [3.8, 4) is 0 Å². The van der Waals surface area contributed by atoms with E-state index in [1.54, 1.807) is 0 Å². The maximum absolute atomic E-state index is 5.77. The van der Waals surface area contributed by atoms with Gasteiger partial charge in [-0.05, 0) is 24.6 Å². The monoisotopic (exact) mass is 244 g/mol. The van der Waals surface area contributed by atoms with Crippen molar-refractivity contribution in [3.05, 3.63) is 47.3 Å². The minimum atomic E-state index is 0.560. The number of hydrogen-bond acceptors (Lipinski definition) is 3. The van der Waals surface area contributed by atoms with Gasteiger partial charge in [0.15, 0.2) is 0 Å². The molecule has 2 rings (SSSR count). The first kappa shape index (κ1) is 12.6. The molecule has 0 atom stereocenters. The van der Waals surface area contributed by atoms with Gasteiger partial charge in [0.2, 0.25) is 0 Å². The zero-order chi connectivity index (χ0) is 13.1. The Kier molecular flexibility index (Phi) is 3.67. The number of anilines is 1. The summed E-state index contributed by atoms with van der Waals surface area (Å²) in [4.78, 5) is 2.21. The second-order valence-corrected chi connectivity index (χ2v) is 4.59. The molecule has 4 nitrogen and oxygen atoms in total. The lowest BCUT2D eigenvalue weighted by Gasteiger charge is -2.22. The van der Waals surface area contributed by atoms with Crippen molar-refractivity contribution in [2.45, 2.75) is 20.0 Å². The molecule has 2 aromatic rings. The number of nitrogens with two attached hydrogens (primary N) is 1. The molecule has 96 valence electrons. The smallest absolute Gasteiger partial charge is 0.0597 e. The van der Waals surface area contributed by atoms with E-state index in [1.807, 2.05) is 30.8 Å². The highest BCUT2D eigenvalue weighted by Gasteiger charge is 2.09. The van der Waals surface area contributed by atoms with Crippen LogP contribution in [0.3, 0.4) is 0 Å². The summed E-state index contributed by atoms with van der Waals surface area (Å²) in [6.45, 7) is 3.40. The van der Waals surface area contributed by atoms with Gasteiger partial charge in [0.25, 0.3) is 0 Å². The first-order valence-corrected chi connectivity index (χ1v) is 6.10. The molecule has 0 amide bonds. The van der Waals surface area contributed by atoms with Crippen molar-refractivity contribution in [1.82, 2.24) is 9.78 Å². The van der Waals surface area contributed by atoms with Crippen LogP contribution in [-0.2, 0) is 20.1 Å². The third-order valence-corrected chi connectivity index (χ3v) is 3.12. The number of aryl methyl sites for hydroxylation is 2. The van der Waals surface area contributed by atoms with Crippen LogP contribution in [0.5, 0.6) is 0 Å². The molecular weight excluding hydrogens is 224 g/mol. The van der Waals surface area contributed by atoms with Gasteiger partial charge in [-0.15, -0.1) is 0 Å². The summed E-state index contributed by atoms with van der Waals surface area (Å²) in [6.07, 6.45) is 0. The van der Waals surface area contributed by atoms with E-state index in [4.69, 9.17) is 5.73 Å². The third kappa shape index (κ3) is 2.54. The highest BCUT2D eigenvalue weighted by Crippen LogP contribution is 2.20. The lowest BCUT2D eigenvalue weighted by Crippen LogP contribution is -2.20. The maximum atomic E-state index is 5.77. The summed E-state index contributed by atoms with van der Waals surface area (Å²) >= 11 is 0. The zero-order valence-electron chi connectivity index (χ0n) is 11.2.